The molecule has 0 aliphatic carbocycles. The molecule has 0 aromatic carbocycles. The number of rotatable bonds is 25. The lowest BCUT2D eigenvalue weighted by Gasteiger charge is -2.05. The SMILES string of the molecule is CCC.CCCCCCCCCC.CCCCCNCCCCCCCCCCCCCNC. The van der Waals surface area contributed by atoms with Crippen molar-refractivity contribution in [1.82, 2.24) is 10.6 Å². The Hall–Kier alpha value is -0.0800. The molecule has 0 atom stereocenters. The van der Waals surface area contributed by atoms with Crippen LogP contribution in [0, 0.1) is 0 Å². The van der Waals surface area contributed by atoms with E-state index in [2.05, 4.69) is 45.3 Å². The summed E-state index contributed by atoms with van der Waals surface area (Å²) in [7, 11) is 2.04. The zero-order valence-electron chi connectivity index (χ0n) is 25.4. The van der Waals surface area contributed by atoms with Gasteiger partial charge in [0.15, 0.2) is 0 Å². The van der Waals surface area contributed by atoms with Crippen LogP contribution in [0.5, 0.6) is 0 Å². The minimum Gasteiger partial charge on any atom is -0.320 e. The standard InChI is InChI=1S/C19H42N2.C10H22.C3H8/c1-3-4-14-18-21-19-16-13-11-9-7-5-6-8-10-12-15-17-20-2;1-3-5-7-9-10-8-6-4-2;1-3-2/h20-21H,3-19H2,1-2H3;3-10H2,1-2H3;3H2,1-2H3. The lowest BCUT2D eigenvalue weighted by atomic mass is 10.1. The molecule has 0 rings (SSSR count). The highest BCUT2D eigenvalue weighted by molar-refractivity contribution is 4.52. The summed E-state index contributed by atoms with van der Waals surface area (Å²) in [6.45, 7) is 14.7. The van der Waals surface area contributed by atoms with E-state index in [1.165, 1.54) is 167 Å². The van der Waals surface area contributed by atoms with Gasteiger partial charge in [-0.25, -0.2) is 0 Å². The van der Waals surface area contributed by atoms with E-state index in [1.54, 1.807) is 0 Å². The molecular formula is C32H72N2. The van der Waals surface area contributed by atoms with Crippen molar-refractivity contribution < 1.29 is 0 Å². The van der Waals surface area contributed by atoms with Crippen molar-refractivity contribution >= 4 is 0 Å². The van der Waals surface area contributed by atoms with Crippen molar-refractivity contribution in [3.8, 4) is 0 Å². The van der Waals surface area contributed by atoms with Gasteiger partial charge in [-0.1, -0.05) is 163 Å². The minimum absolute atomic E-state index is 1.19. The van der Waals surface area contributed by atoms with Gasteiger partial charge < -0.3 is 10.6 Å². The van der Waals surface area contributed by atoms with E-state index < -0.39 is 0 Å². The van der Waals surface area contributed by atoms with Crippen LogP contribution in [0.25, 0.3) is 0 Å². The lowest BCUT2D eigenvalue weighted by Crippen LogP contribution is -2.16. The Kier molecular flexibility index (Phi) is 48.7. The molecule has 210 valence electrons. The highest BCUT2D eigenvalue weighted by Gasteiger charge is 1.94. The summed E-state index contributed by atoms with van der Waals surface area (Å²) in [6, 6.07) is 0. The van der Waals surface area contributed by atoms with Crippen LogP contribution in [0.3, 0.4) is 0 Å². The third kappa shape index (κ3) is 49.1. The molecule has 0 amide bonds. The molecule has 0 saturated carbocycles. The second-order valence-electron chi connectivity index (χ2n) is 10.3. The van der Waals surface area contributed by atoms with E-state index in [-0.39, 0.29) is 0 Å². The van der Waals surface area contributed by atoms with E-state index >= 15 is 0 Å². The zero-order chi connectivity index (χ0) is 25.8. The van der Waals surface area contributed by atoms with Crippen molar-refractivity contribution in [2.45, 2.75) is 182 Å². The summed E-state index contributed by atoms with van der Waals surface area (Å²) < 4.78 is 0. The molecule has 0 unspecified atom stereocenters. The smallest absolute Gasteiger partial charge is 0.00489 e. The monoisotopic (exact) mass is 485 g/mol. The van der Waals surface area contributed by atoms with Gasteiger partial charge in [0.1, 0.15) is 0 Å². The topological polar surface area (TPSA) is 24.1 Å². The summed E-state index contributed by atoms with van der Waals surface area (Å²) in [5.74, 6) is 0. The Morgan fingerprint density at radius 2 is 0.559 bits per heavy atom. The second-order valence-corrected chi connectivity index (χ2v) is 10.3. The summed E-state index contributed by atoms with van der Waals surface area (Å²) in [6.07, 6.45) is 32.5. The van der Waals surface area contributed by atoms with Gasteiger partial charge in [0.05, 0.1) is 0 Å². The molecule has 0 aliphatic rings. The maximum absolute atomic E-state index is 3.56. The lowest BCUT2D eigenvalue weighted by molar-refractivity contribution is 0.530. The van der Waals surface area contributed by atoms with E-state index in [9.17, 15) is 0 Å². The molecule has 2 N–H and O–H groups in total. The third-order valence-electron chi connectivity index (χ3n) is 6.19. The molecule has 0 aromatic rings. The molecule has 0 heterocycles. The fourth-order valence-corrected chi connectivity index (χ4v) is 3.97. The summed E-state index contributed by atoms with van der Waals surface area (Å²) >= 11 is 0. The molecule has 2 nitrogen and oxygen atoms in total. The van der Waals surface area contributed by atoms with Crippen molar-refractivity contribution in [3.63, 3.8) is 0 Å². The first-order chi connectivity index (χ1) is 16.7. The molecule has 0 spiro atoms. The van der Waals surface area contributed by atoms with Crippen LogP contribution in [0.4, 0.5) is 0 Å². The van der Waals surface area contributed by atoms with E-state index in [0.717, 1.165) is 0 Å². The second kappa shape index (κ2) is 43.0. The Bertz CT molecular complexity index is 254. The third-order valence-corrected chi connectivity index (χ3v) is 6.19. The average Bonchev–Trinajstić information content (AvgIpc) is 2.84. The van der Waals surface area contributed by atoms with E-state index in [0.29, 0.717) is 0 Å². The van der Waals surface area contributed by atoms with Crippen LogP contribution in [0.2, 0.25) is 0 Å². The van der Waals surface area contributed by atoms with Gasteiger partial charge in [0.2, 0.25) is 0 Å². The van der Waals surface area contributed by atoms with Crippen LogP contribution in [-0.4, -0.2) is 26.7 Å². The quantitative estimate of drug-likeness (QED) is 0.126. The van der Waals surface area contributed by atoms with Crippen molar-refractivity contribution in [2.24, 2.45) is 0 Å². The molecule has 0 aliphatic heterocycles. The van der Waals surface area contributed by atoms with Crippen LogP contribution in [0.1, 0.15) is 182 Å². The van der Waals surface area contributed by atoms with E-state index in [4.69, 9.17) is 0 Å². The Morgan fingerprint density at radius 3 is 0.882 bits per heavy atom. The number of nitrogens with one attached hydrogen (secondary N) is 2. The maximum atomic E-state index is 3.56. The van der Waals surface area contributed by atoms with Gasteiger partial charge in [-0.15, -0.1) is 0 Å². The van der Waals surface area contributed by atoms with Gasteiger partial charge >= 0.3 is 0 Å². The Morgan fingerprint density at radius 1 is 0.324 bits per heavy atom. The summed E-state index contributed by atoms with van der Waals surface area (Å²) in [5, 5.41) is 6.77. The highest BCUT2D eigenvalue weighted by atomic mass is 14.8. The molecule has 0 fully saturated rings. The largest absolute Gasteiger partial charge is 0.320 e. The van der Waals surface area contributed by atoms with Gasteiger partial charge in [0, 0.05) is 0 Å². The Balaban J connectivity index is -0.000000613. The van der Waals surface area contributed by atoms with Gasteiger partial charge in [-0.3, -0.25) is 0 Å². The highest BCUT2D eigenvalue weighted by Crippen LogP contribution is 2.11. The molecule has 2 heteroatoms. The normalized spacial score (nSPS) is 10.4. The van der Waals surface area contributed by atoms with Crippen molar-refractivity contribution in [3.05, 3.63) is 0 Å². The molecule has 0 aromatic heterocycles. The average molecular weight is 485 g/mol. The summed E-state index contributed by atoms with van der Waals surface area (Å²) in [4.78, 5) is 0. The Labute approximate surface area is 219 Å². The molecule has 0 saturated heterocycles. The van der Waals surface area contributed by atoms with Crippen LogP contribution in [0.15, 0.2) is 0 Å². The number of unbranched alkanes of at least 4 members (excludes halogenated alkanes) is 19. The number of hydrogen-bond donors (Lipinski definition) is 2. The first-order valence-corrected chi connectivity index (χ1v) is 16.1. The van der Waals surface area contributed by atoms with Gasteiger partial charge in [-0.2, -0.15) is 0 Å². The van der Waals surface area contributed by atoms with Crippen molar-refractivity contribution in [2.75, 3.05) is 26.7 Å². The first kappa shape index (κ1) is 38.5. The van der Waals surface area contributed by atoms with E-state index in [1.807, 2.05) is 7.05 Å². The van der Waals surface area contributed by atoms with Crippen LogP contribution >= 0.6 is 0 Å². The van der Waals surface area contributed by atoms with Crippen LogP contribution < -0.4 is 10.6 Å². The molecular weight excluding hydrogens is 412 g/mol. The first-order valence-electron chi connectivity index (χ1n) is 16.1. The molecule has 0 bridgehead atoms. The van der Waals surface area contributed by atoms with Crippen molar-refractivity contribution in [1.29, 1.82) is 0 Å². The molecule has 0 radical (unpaired) electrons. The molecule has 34 heavy (non-hydrogen) atoms. The van der Waals surface area contributed by atoms with Gasteiger partial charge in [-0.05, 0) is 45.9 Å². The fourth-order valence-electron chi connectivity index (χ4n) is 3.97. The maximum Gasteiger partial charge on any atom is -0.00489 e. The number of hydrogen-bond acceptors (Lipinski definition) is 2. The predicted octanol–water partition coefficient (Wildman–Crippen LogP) is 10.8. The van der Waals surface area contributed by atoms with Crippen LogP contribution in [-0.2, 0) is 0 Å². The van der Waals surface area contributed by atoms with Gasteiger partial charge in [0.25, 0.3) is 0 Å². The fraction of sp³-hybridized carbons (Fsp3) is 1.00. The predicted molar refractivity (Wildman–Crippen MR) is 161 cm³/mol. The minimum atomic E-state index is 1.19. The zero-order valence-corrected chi connectivity index (χ0v) is 25.4. The summed E-state index contributed by atoms with van der Waals surface area (Å²) in [5.41, 5.74) is 0.